The molecule has 9 nitrogen and oxygen atoms in total. The first-order valence-corrected chi connectivity index (χ1v) is 10.8. The van der Waals surface area contributed by atoms with Gasteiger partial charge < -0.3 is 19.2 Å². The lowest BCUT2D eigenvalue weighted by molar-refractivity contribution is 0.0950. The first-order valence-electron chi connectivity index (χ1n) is 10.8. The van der Waals surface area contributed by atoms with Crippen molar-refractivity contribution in [2.24, 2.45) is 0 Å². The molecule has 4 aromatic rings. The number of hydrogen-bond acceptors (Lipinski definition) is 8. The summed E-state index contributed by atoms with van der Waals surface area (Å²) in [6.07, 6.45) is 5.41. The van der Waals surface area contributed by atoms with Crippen molar-refractivity contribution >= 4 is 5.91 Å². The lowest BCUT2D eigenvalue weighted by atomic mass is 10.0. The van der Waals surface area contributed by atoms with Gasteiger partial charge in [-0.05, 0) is 57.4 Å². The molecule has 1 atom stereocenters. The Bertz CT molecular complexity index is 1250. The van der Waals surface area contributed by atoms with Crippen molar-refractivity contribution in [3.05, 3.63) is 72.0 Å². The van der Waals surface area contributed by atoms with Crippen LogP contribution in [0.15, 0.2) is 57.9 Å². The minimum absolute atomic E-state index is 0.0831. The van der Waals surface area contributed by atoms with Gasteiger partial charge in [-0.3, -0.25) is 9.78 Å². The molecule has 1 N–H and O–H groups in total. The summed E-state index contributed by atoms with van der Waals surface area (Å²) in [5, 5.41) is 6.84. The molecule has 1 unspecified atom stereocenters. The SMILES string of the molecule is Cc1nc(-c2cncc(C(=O)NCC(CCN(C)C)c3coc(-c4ccc(F)cc4)n3)c2)no1. The second-order valence-corrected chi connectivity index (χ2v) is 8.18. The van der Waals surface area contributed by atoms with E-state index >= 15 is 0 Å². The highest BCUT2D eigenvalue weighted by molar-refractivity contribution is 5.94. The molecule has 34 heavy (non-hydrogen) atoms. The molecule has 0 fully saturated rings. The maximum Gasteiger partial charge on any atom is 0.252 e. The van der Waals surface area contributed by atoms with Gasteiger partial charge in [-0.2, -0.15) is 4.98 Å². The Morgan fingerprint density at radius 2 is 1.94 bits per heavy atom. The van der Waals surface area contributed by atoms with E-state index < -0.39 is 0 Å². The zero-order valence-corrected chi connectivity index (χ0v) is 19.2. The van der Waals surface area contributed by atoms with Gasteiger partial charge in [-0.25, -0.2) is 9.37 Å². The third kappa shape index (κ3) is 5.70. The van der Waals surface area contributed by atoms with E-state index in [9.17, 15) is 9.18 Å². The van der Waals surface area contributed by atoms with Crippen LogP contribution in [-0.4, -0.2) is 58.1 Å². The van der Waals surface area contributed by atoms with E-state index in [1.807, 2.05) is 14.1 Å². The van der Waals surface area contributed by atoms with E-state index in [-0.39, 0.29) is 17.6 Å². The van der Waals surface area contributed by atoms with Crippen molar-refractivity contribution in [3.8, 4) is 22.8 Å². The fourth-order valence-corrected chi connectivity index (χ4v) is 3.39. The van der Waals surface area contributed by atoms with E-state index in [1.54, 1.807) is 37.6 Å². The lowest BCUT2D eigenvalue weighted by Crippen LogP contribution is -2.30. The van der Waals surface area contributed by atoms with E-state index in [2.05, 4.69) is 30.3 Å². The van der Waals surface area contributed by atoms with Crippen LogP contribution in [0.25, 0.3) is 22.8 Å². The highest BCUT2D eigenvalue weighted by Crippen LogP contribution is 2.25. The number of aromatic nitrogens is 4. The van der Waals surface area contributed by atoms with Crippen LogP contribution >= 0.6 is 0 Å². The molecule has 0 bridgehead atoms. The molecule has 1 amide bonds. The van der Waals surface area contributed by atoms with Crippen molar-refractivity contribution < 1.29 is 18.1 Å². The summed E-state index contributed by atoms with van der Waals surface area (Å²) in [6.45, 7) is 2.85. The number of benzene rings is 1. The average molecular weight is 465 g/mol. The van der Waals surface area contributed by atoms with Crippen molar-refractivity contribution in [2.75, 3.05) is 27.2 Å². The van der Waals surface area contributed by atoms with Gasteiger partial charge >= 0.3 is 0 Å². The van der Waals surface area contributed by atoms with Gasteiger partial charge in [0.1, 0.15) is 12.1 Å². The molecule has 176 valence electrons. The summed E-state index contributed by atoms with van der Waals surface area (Å²) in [4.78, 5) is 27.8. The largest absolute Gasteiger partial charge is 0.444 e. The molecule has 4 rings (SSSR count). The van der Waals surface area contributed by atoms with E-state index in [1.165, 1.54) is 18.3 Å². The lowest BCUT2D eigenvalue weighted by Gasteiger charge is -2.18. The highest BCUT2D eigenvalue weighted by Gasteiger charge is 2.20. The number of carbonyl (C=O) groups is 1. The number of carbonyl (C=O) groups excluding carboxylic acids is 1. The maximum atomic E-state index is 13.2. The molecule has 0 saturated heterocycles. The number of aryl methyl sites for hydroxylation is 1. The Morgan fingerprint density at radius 3 is 2.65 bits per heavy atom. The second kappa shape index (κ2) is 10.3. The quantitative estimate of drug-likeness (QED) is 0.399. The summed E-state index contributed by atoms with van der Waals surface area (Å²) < 4.78 is 23.9. The van der Waals surface area contributed by atoms with Gasteiger partial charge in [0.25, 0.3) is 5.91 Å². The van der Waals surface area contributed by atoms with Gasteiger partial charge in [-0.1, -0.05) is 5.16 Å². The predicted molar refractivity (Wildman–Crippen MR) is 122 cm³/mol. The van der Waals surface area contributed by atoms with Crippen LogP contribution in [-0.2, 0) is 0 Å². The van der Waals surface area contributed by atoms with Crippen molar-refractivity contribution in [1.29, 1.82) is 0 Å². The third-order valence-electron chi connectivity index (χ3n) is 5.25. The van der Waals surface area contributed by atoms with Crippen molar-refractivity contribution in [3.63, 3.8) is 0 Å². The molecule has 1 aromatic carbocycles. The Kier molecular flexibility index (Phi) is 7.07. The zero-order chi connectivity index (χ0) is 24.1. The molecule has 0 aliphatic rings. The van der Waals surface area contributed by atoms with Crippen LogP contribution in [0.3, 0.4) is 0 Å². The predicted octanol–water partition coefficient (Wildman–Crippen LogP) is 3.70. The Labute approximate surface area is 196 Å². The number of pyridine rings is 1. The summed E-state index contributed by atoms with van der Waals surface area (Å²) in [7, 11) is 3.97. The first-order chi connectivity index (χ1) is 16.4. The van der Waals surface area contributed by atoms with Crippen LogP contribution in [0, 0.1) is 12.7 Å². The Balaban J connectivity index is 1.47. The number of hydrogen-bond donors (Lipinski definition) is 1. The van der Waals surface area contributed by atoms with Crippen LogP contribution in [0.2, 0.25) is 0 Å². The molecular weight excluding hydrogens is 439 g/mol. The molecule has 3 aromatic heterocycles. The summed E-state index contributed by atoms with van der Waals surface area (Å²) in [6, 6.07) is 7.63. The zero-order valence-electron chi connectivity index (χ0n) is 19.2. The first kappa shape index (κ1) is 23.2. The monoisotopic (exact) mass is 464 g/mol. The smallest absolute Gasteiger partial charge is 0.252 e. The van der Waals surface area contributed by atoms with Gasteiger partial charge in [0.05, 0.1) is 11.3 Å². The molecule has 0 aliphatic carbocycles. The molecule has 0 spiro atoms. The van der Waals surface area contributed by atoms with E-state index in [4.69, 9.17) is 8.94 Å². The fraction of sp³-hybridized carbons (Fsp3) is 0.292. The van der Waals surface area contributed by atoms with Gasteiger partial charge in [0, 0.05) is 42.9 Å². The number of rotatable bonds is 9. The molecule has 0 saturated carbocycles. The maximum absolute atomic E-state index is 13.2. The molecule has 0 aliphatic heterocycles. The Hall–Kier alpha value is -3.92. The number of amides is 1. The van der Waals surface area contributed by atoms with Gasteiger partial charge in [0.2, 0.25) is 17.6 Å². The van der Waals surface area contributed by atoms with Gasteiger partial charge in [0.15, 0.2) is 0 Å². The highest BCUT2D eigenvalue weighted by atomic mass is 19.1. The number of halogens is 1. The minimum atomic E-state index is -0.324. The summed E-state index contributed by atoms with van der Waals surface area (Å²) >= 11 is 0. The summed E-state index contributed by atoms with van der Waals surface area (Å²) in [5.74, 6) is 0.534. The van der Waals surface area contributed by atoms with Crippen LogP contribution in [0.5, 0.6) is 0 Å². The van der Waals surface area contributed by atoms with Crippen LogP contribution in [0.4, 0.5) is 4.39 Å². The van der Waals surface area contributed by atoms with Gasteiger partial charge in [-0.15, -0.1) is 0 Å². The average Bonchev–Trinajstić information content (AvgIpc) is 3.49. The molecule has 10 heteroatoms. The molecule has 0 radical (unpaired) electrons. The van der Waals surface area contributed by atoms with E-state index in [0.29, 0.717) is 40.8 Å². The normalized spacial score (nSPS) is 12.1. The summed E-state index contributed by atoms with van der Waals surface area (Å²) in [5.41, 5.74) is 2.38. The number of oxazole rings is 1. The molecular formula is C24H25FN6O3. The standard InChI is InChI=1S/C24H25FN6O3/c1-15-28-22(30-34-15)18-10-19(12-26-11-18)23(32)27-13-17(8-9-31(2)3)21-14-33-24(29-21)16-4-6-20(25)7-5-16/h4-7,10-12,14,17H,8-9,13H2,1-3H3,(H,27,32). The van der Waals surface area contributed by atoms with Crippen LogP contribution < -0.4 is 5.32 Å². The Morgan fingerprint density at radius 1 is 1.15 bits per heavy atom. The topological polar surface area (TPSA) is 110 Å². The number of nitrogens with zero attached hydrogens (tertiary/aromatic N) is 5. The third-order valence-corrected chi connectivity index (χ3v) is 5.25. The second-order valence-electron chi connectivity index (χ2n) is 8.18. The van der Waals surface area contributed by atoms with E-state index in [0.717, 1.165) is 18.7 Å². The van der Waals surface area contributed by atoms with Crippen molar-refractivity contribution in [1.82, 2.24) is 30.3 Å². The fourth-order valence-electron chi connectivity index (χ4n) is 3.39. The number of nitrogens with one attached hydrogen (secondary N) is 1. The minimum Gasteiger partial charge on any atom is -0.444 e. The van der Waals surface area contributed by atoms with Crippen molar-refractivity contribution in [2.45, 2.75) is 19.3 Å². The van der Waals surface area contributed by atoms with Crippen LogP contribution in [0.1, 0.15) is 34.3 Å². The molecule has 3 heterocycles.